The van der Waals surface area contributed by atoms with Crippen LogP contribution in [0.2, 0.25) is 0 Å². The monoisotopic (exact) mass is 319 g/mol. The van der Waals surface area contributed by atoms with Gasteiger partial charge in [-0.25, -0.2) is 0 Å². The minimum absolute atomic E-state index is 0.0885. The van der Waals surface area contributed by atoms with Crippen molar-refractivity contribution >= 4 is 5.91 Å². The van der Waals surface area contributed by atoms with Gasteiger partial charge in [0.05, 0.1) is 0 Å². The quantitative estimate of drug-likeness (QED) is 0.655. The summed E-state index contributed by atoms with van der Waals surface area (Å²) in [6.07, 6.45) is 0.961. The Hall–Kier alpha value is -1.39. The van der Waals surface area contributed by atoms with Crippen molar-refractivity contribution in [2.24, 2.45) is 0 Å². The summed E-state index contributed by atoms with van der Waals surface area (Å²) < 4.78 is 0. The van der Waals surface area contributed by atoms with Gasteiger partial charge in [-0.2, -0.15) is 0 Å². The predicted octanol–water partition coefficient (Wildman–Crippen LogP) is -0.417. The van der Waals surface area contributed by atoms with Gasteiger partial charge in [-0.1, -0.05) is 36.8 Å². The zero-order chi connectivity index (χ0) is 16.9. The van der Waals surface area contributed by atoms with Crippen molar-refractivity contribution in [2.45, 2.75) is 46.2 Å². The van der Waals surface area contributed by atoms with Gasteiger partial charge in [-0.3, -0.25) is 4.79 Å². The lowest BCUT2D eigenvalue weighted by Crippen LogP contribution is -3.28. The van der Waals surface area contributed by atoms with Gasteiger partial charge in [0.2, 0.25) is 0 Å². The maximum absolute atomic E-state index is 12.2. The van der Waals surface area contributed by atoms with Crippen molar-refractivity contribution in [3.05, 3.63) is 35.4 Å². The first kappa shape index (κ1) is 18.0. The number of carbonyl (C=O) groups excluding carboxylic acids is 1. The summed E-state index contributed by atoms with van der Waals surface area (Å²) in [7, 11) is 0. The van der Waals surface area contributed by atoms with Gasteiger partial charge in [0.25, 0.3) is 5.91 Å². The standard InChI is InChI=1S/C19H31N3O/c1-5-19(3,4)20-18(23)15-22-11-9-21(10-12-22)14-17-8-6-7-16(2)13-17/h6-8,13H,5,9-12,14-15H2,1-4H3,(H,20,23)/p+2. The molecule has 0 unspecified atom stereocenters. The summed E-state index contributed by atoms with van der Waals surface area (Å²) in [5.41, 5.74) is 2.67. The lowest BCUT2D eigenvalue weighted by Gasteiger charge is -2.31. The molecule has 0 atom stereocenters. The van der Waals surface area contributed by atoms with Gasteiger partial charge in [-0.05, 0) is 27.2 Å². The number of benzene rings is 1. The second kappa shape index (κ2) is 7.93. The topological polar surface area (TPSA) is 38.0 Å². The molecule has 0 bridgehead atoms. The van der Waals surface area contributed by atoms with Crippen LogP contribution < -0.4 is 15.1 Å². The molecule has 4 nitrogen and oxygen atoms in total. The third-order valence-corrected chi connectivity index (χ3v) is 4.97. The van der Waals surface area contributed by atoms with Crippen LogP contribution in [-0.4, -0.2) is 44.2 Å². The van der Waals surface area contributed by atoms with E-state index in [0.717, 1.165) is 39.1 Å². The maximum Gasteiger partial charge on any atom is 0.275 e. The predicted molar refractivity (Wildman–Crippen MR) is 93.7 cm³/mol. The molecule has 0 saturated carbocycles. The Kier molecular flexibility index (Phi) is 6.19. The van der Waals surface area contributed by atoms with Crippen LogP contribution in [0.3, 0.4) is 0 Å². The number of aryl methyl sites for hydroxylation is 1. The highest BCUT2D eigenvalue weighted by Crippen LogP contribution is 2.05. The molecule has 0 aromatic heterocycles. The largest absolute Gasteiger partial charge is 0.346 e. The zero-order valence-electron chi connectivity index (χ0n) is 15.2. The Bertz CT molecular complexity index is 519. The van der Waals surface area contributed by atoms with E-state index in [1.165, 1.54) is 16.0 Å². The Morgan fingerprint density at radius 3 is 2.43 bits per heavy atom. The normalized spacial score (nSPS) is 21.9. The number of piperazine rings is 1. The van der Waals surface area contributed by atoms with Crippen LogP contribution in [0.1, 0.15) is 38.3 Å². The van der Waals surface area contributed by atoms with Gasteiger partial charge in [0.15, 0.2) is 6.54 Å². The van der Waals surface area contributed by atoms with E-state index in [1.807, 2.05) is 0 Å². The minimum Gasteiger partial charge on any atom is -0.346 e. The number of amides is 1. The fourth-order valence-corrected chi connectivity index (χ4v) is 3.16. The number of hydrogen-bond donors (Lipinski definition) is 3. The average Bonchev–Trinajstić information content (AvgIpc) is 2.49. The molecule has 1 aromatic rings. The molecule has 4 heteroatoms. The lowest BCUT2D eigenvalue weighted by molar-refractivity contribution is -1.02. The molecule has 1 amide bonds. The van der Waals surface area contributed by atoms with Crippen LogP contribution in [0.25, 0.3) is 0 Å². The molecule has 1 aliphatic heterocycles. The van der Waals surface area contributed by atoms with E-state index in [-0.39, 0.29) is 11.4 Å². The molecular weight excluding hydrogens is 286 g/mol. The first-order valence-electron chi connectivity index (χ1n) is 8.91. The van der Waals surface area contributed by atoms with E-state index in [9.17, 15) is 4.79 Å². The molecule has 1 fully saturated rings. The summed E-state index contributed by atoms with van der Waals surface area (Å²) in [5, 5.41) is 3.14. The Morgan fingerprint density at radius 2 is 1.83 bits per heavy atom. The second-order valence-electron chi connectivity index (χ2n) is 7.63. The highest BCUT2D eigenvalue weighted by atomic mass is 16.2. The van der Waals surface area contributed by atoms with Gasteiger partial charge < -0.3 is 15.1 Å². The fourth-order valence-electron chi connectivity index (χ4n) is 3.16. The van der Waals surface area contributed by atoms with Gasteiger partial charge in [0, 0.05) is 11.1 Å². The minimum atomic E-state index is -0.0885. The SMILES string of the molecule is CCC(C)(C)NC(=O)C[NH+]1CC[NH+](Cc2cccc(C)c2)CC1. The molecule has 3 N–H and O–H groups in total. The molecule has 0 spiro atoms. The van der Waals surface area contributed by atoms with Crippen molar-refractivity contribution in [3.63, 3.8) is 0 Å². The van der Waals surface area contributed by atoms with E-state index >= 15 is 0 Å². The van der Waals surface area contributed by atoms with Crippen molar-refractivity contribution < 1.29 is 14.6 Å². The Balaban J connectivity index is 1.74. The van der Waals surface area contributed by atoms with Crippen LogP contribution in [-0.2, 0) is 11.3 Å². The van der Waals surface area contributed by atoms with Crippen molar-refractivity contribution in [1.29, 1.82) is 0 Å². The summed E-state index contributed by atoms with van der Waals surface area (Å²) in [6.45, 7) is 14.6. The van der Waals surface area contributed by atoms with Gasteiger partial charge in [0.1, 0.15) is 32.7 Å². The molecule has 2 rings (SSSR count). The van der Waals surface area contributed by atoms with E-state index in [2.05, 4.69) is 57.3 Å². The first-order chi connectivity index (χ1) is 10.9. The average molecular weight is 319 g/mol. The molecule has 1 aromatic carbocycles. The molecule has 128 valence electrons. The van der Waals surface area contributed by atoms with Crippen LogP contribution >= 0.6 is 0 Å². The third-order valence-electron chi connectivity index (χ3n) is 4.97. The highest BCUT2D eigenvalue weighted by Gasteiger charge is 2.26. The Morgan fingerprint density at radius 1 is 1.17 bits per heavy atom. The van der Waals surface area contributed by atoms with Crippen molar-refractivity contribution in [3.8, 4) is 0 Å². The van der Waals surface area contributed by atoms with Crippen LogP contribution in [0.5, 0.6) is 0 Å². The van der Waals surface area contributed by atoms with E-state index in [0.29, 0.717) is 6.54 Å². The number of nitrogens with one attached hydrogen (secondary N) is 3. The van der Waals surface area contributed by atoms with E-state index < -0.39 is 0 Å². The molecule has 1 heterocycles. The smallest absolute Gasteiger partial charge is 0.275 e. The van der Waals surface area contributed by atoms with Crippen LogP contribution in [0.15, 0.2) is 24.3 Å². The molecule has 0 radical (unpaired) electrons. The van der Waals surface area contributed by atoms with Crippen molar-refractivity contribution in [2.75, 3.05) is 32.7 Å². The molecule has 1 aliphatic rings. The summed E-state index contributed by atoms with van der Waals surface area (Å²) in [6, 6.07) is 8.80. The van der Waals surface area contributed by atoms with E-state index in [1.54, 1.807) is 4.90 Å². The zero-order valence-corrected chi connectivity index (χ0v) is 15.2. The molecular formula is C19H33N3O+2. The number of quaternary nitrogens is 2. The lowest BCUT2D eigenvalue weighted by atomic mass is 10.0. The number of hydrogen-bond acceptors (Lipinski definition) is 1. The Labute approximate surface area is 140 Å². The summed E-state index contributed by atoms with van der Waals surface area (Å²) in [4.78, 5) is 15.2. The first-order valence-corrected chi connectivity index (χ1v) is 8.91. The van der Waals surface area contributed by atoms with E-state index in [4.69, 9.17) is 0 Å². The third kappa shape index (κ3) is 5.96. The number of rotatable bonds is 6. The maximum atomic E-state index is 12.2. The molecule has 1 saturated heterocycles. The van der Waals surface area contributed by atoms with Gasteiger partial charge >= 0.3 is 0 Å². The van der Waals surface area contributed by atoms with Crippen LogP contribution in [0, 0.1) is 6.92 Å². The van der Waals surface area contributed by atoms with Crippen LogP contribution in [0.4, 0.5) is 0 Å². The van der Waals surface area contributed by atoms with Gasteiger partial charge in [-0.15, -0.1) is 0 Å². The molecule has 0 aliphatic carbocycles. The van der Waals surface area contributed by atoms with Crippen molar-refractivity contribution in [1.82, 2.24) is 5.32 Å². The summed E-state index contributed by atoms with van der Waals surface area (Å²) in [5.74, 6) is 0.189. The molecule has 23 heavy (non-hydrogen) atoms. The highest BCUT2D eigenvalue weighted by molar-refractivity contribution is 5.77. The number of carbonyl (C=O) groups is 1. The summed E-state index contributed by atoms with van der Waals surface area (Å²) >= 11 is 0. The fraction of sp³-hybridized carbons (Fsp3) is 0.632. The second-order valence-corrected chi connectivity index (χ2v) is 7.63.